The molecule has 3 rings (SSSR count). The number of hydrogen-bond acceptors (Lipinski definition) is 7. The van der Waals surface area contributed by atoms with Crippen molar-refractivity contribution in [1.29, 1.82) is 0 Å². The fourth-order valence-electron chi connectivity index (χ4n) is 3.68. The summed E-state index contributed by atoms with van der Waals surface area (Å²) in [5.41, 5.74) is -0.519. The molecule has 1 saturated carbocycles. The Morgan fingerprint density at radius 2 is 1.84 bits per heavy atom. The molecule has 0 spiro atoms. The average Bonchev–Trinajstić information content (AvgIpc) is 3.20. The third kappa shape index (κ3) is 6.08. The maximum Gasteiger partial charge on any atom is 0.316 e. The number of alkyl halides is 2. The number of rotatable bonds is 10. The Bertz CT molecular complexity index is 1020. The van der Waals surface area contributed by atoms with E-state index in [0.29, 0.717) is 19.4 Å². The molecule has 1 aliphatic carbocycles. The number of hydrogen-bond donors (Lipinski definition) is 0. The zero-order chi connectivity index (χ0) is 23.3. The lowest BCUT2D eigenvalue weighted by atomic mass is 9.86. The lowest BCUT2D eigenvalue weighted by molar-refractivity contribution is -0.386. The van der Waals surface area contributed by atoms with Crippen LogP contribution in [0.3, 0.4) is 0 Å². The van der Waals surface area contributed by atoms with Crippen molar-refractivity contribution in [2.45, 2.75) is 50.0 Å². The van der Waals surface area contributed by atoms with E-state index < -0.39 is 32.8 Å². The number of aryl methyl sites for hydroxylation is 1. The van der Waals surface area contributed by atoms with Gasteiger partial charge in [0.15, 0.2) is 0 Å². The molecule has 176 valence electrons. The summed E-state index contributed by atoms with van der Waals surface area (Å²) in [5, 5.41) is 14.7. The van der Waals surface area contributed by atoms with Crippen LogP contribution < -0.4 is 0 Å². The SMILES string of the molecule is Cc1ccc(S(=O)(=O)OCCOCC2CCC(n3cc([N+](=O)[O-])c(C(F)F)n3)CC2)cc1. The van der Waals surface area contributed by atoms with E-state index >= 15 is 0 Å². The molecule has 0 unspecified atom stereocenters. The second-order valence-electron chi connectivity index (χ2n) is 7.78. The van der Waals surface area contributed by atoms with Crippen molar-refractivity contribution in [3.05, 3.63) is 51.8 Å². The summed E-state index contributed by atoms with van der Waals surface area (Å²) in [7, 11) is -3.83. The van der Waals surface area contributed by atoms with Gasteiger partial charge in [-0.15, -0.1) is 0 Å². The van der Waals surface area contributed by atoms with Gasteiger partial charge in [0.2, 0.25) is 5.69 Å². The molecular weight excluding hydrogens is 448 g/mol. The number of ether oxygens (including phenoxy) is 1. The Balaban J connectivity index is 1.40. The number of benzene rings is 1. The molecule has 1 heterocycles. The highest BCUT2D eigenvalue weighted by Crippen LogP contribution is 2.35. The summed E-state index contributed by atoms with van der Waals surface area (Å²) in [6, 6.07) is 6.18. The molecule has 9 nitrogen and oxygen atoms in total. The van der Waals surface area contributed by atoms with Crippen molar-refractivity contribution >= 4 is 15.8 Å². The Morgan fingerprint density at radius 3 is 2.41 bits per heavy atom. The molecule has 0 amide bonds. The van der Waals surface area contributed by atoms with Crippen molar-refractivity contribution in [3.8, 4) is 0 Å². The van der Waals surface area contributed by atoms with Crippen LogP contribution in [0.4, 0.5) is 14.5 Å². The van der Waals surface area contributed by atoms with Gasteiger partial charge in [-0.1, -0.05) is 17.7 Å². The van der Waals surface area contributed by atoms with Gasteiger partial charge in [0, 0.05) is 6.61 Å². The minimum Gasteiger partial charge on any atom is -0.379 e. The van der Waals surface area contributed by atoms with Gasteiger partial charge >= 0.3 is 5.69 Å². The fraction of sp³-hybridized carbons (Fsp3) is 0.550. The van der Waals surface area contributed by atoms with Crippen LogP contribution in [0.1, 0.15) is 49.4 Å². The van der Waals surface area contributed by atoms with Crippen molar-refractivity contribution in [2.75, 3.05) is 19.8 Å². The van der Waals surface area contributed by atoms with E-state index in [1.165, 1.54) is 16.8 Å². The highest BCUT2D eigenvalue weighted by molar-refractivity contribution is 7.86. The van der Waals surface area contributed by atoms with E-state index in [1.807, 2.05) is 6.92 Å². The summed E-state index contributed by atoms with van der Waals surface area (Å²) in [6.07, 6.45) is 0.824. The van der Waals surface area contributed by atoms with E-state index in [0.717, 1.165) is 24.6 Å². The molecule has 12 heteroatoms. The van der Waals surface area contributed by atoms with Crippen molar-refractivity contribution in [2.24, 2.45) is 5.92 Å². The molecule has 2 aromatic rings. The highest BCUT2D eigenvalue weighted by atomic mass is 32.2. The maximum absolute atomic E-state index is 13.0. The lowest BCUT2D eigenvalue weighted by Gasteiger charge is -2.28. The minimum absolute atomic E-state index is 0.0929. The summed E-state index contributed by atoms with van der Waals surface area (Å²) >= 11 is 0. The number of nitrogens with zero attached hydrogens (tertiary/aromatic N) is 3. The van der Waals surface area contributed by atoms with Crippen LogP contribution in [0.5, 0.6) is 0 Å². The Kier molecular flexibility index (Phi) is 7.91. The van der Waals surface area contributed by atoms with E-state index in [9.17, 15) is 27.3 Å². The van der Waals surface area contributed by atoms with Crippen LogP contribution in [0.15, 0.2) is 35.4 Å². The zero-order valence-electron chi connectivity index (χ0n) is 17.5. The first kappa shape index (κ1) is 24.2. The van der Waals surface area contributed by atoms with Crippen LogP contribution in [-0.4, -0.2) is 42.9 Å². The largest absolute Gasteiger partial charge is 0.379 e. The van der Waals surface area contributed by atoms with Gasteiger partial charge in [-0.2, -0.15) is 13.5 Å². The molecular formula is C20H25F2N3O6S. The summed E-state index contributed by atoms with van der Waals surface area (Å²) in [4.78, 5) is 10.2. The van der Waals surface area contributed by atoms with Crippen LogP contribution in [0.2, 0.25) is 0 Å². The molecule has 32 heavy (non-hydrogen) atoms. The topological polar surface area (TPSA) is 114 Å². The standard InChI is InChI=1S/C20H25F2N3O6S/c1-14-2-8-17(9-3-14)32(28,29)31-11-10-30-13-15-4-6-16(7-5-15)24-12-18(25(26)27)19(23-24)20(21)22/h2-3,8-9,12,15-16,20H,4-7,10-11,13H2,1H3. The van der Waals surface area contributed by atoms with Crippen LogP contribution >= 0.6 is 0 Å². The number of halogens is 2. The molecule has 0 saturated heterocycles. The van der Waals surface area contributed by atoms with Crippen molar-refractivity contribution < 1.29 is 31.0 Å². The minimum atomic E-state index is -3.83. The quantitative estimate of drug-likeness (QED) is 0.220. The van der Waals surface area contributed by atoms with Gasteiger partial charge in [0.1, 0.15) is 6.20 Å². The van der Waals surface area contributed by atoms with Gasteiger partial charge in [-0.05, 0) is 50.7 Å². The molecule has 1 fully saturated rings. The third-order valence-corrected chi connectivity index (χ3v) is 6.79. The third-order valence-electron chi connectivity index (χ3n) is 5.46. The van der Waals surface area contributed by atoms with Gasteiger partial charge in [0.05, 0.1) is 29.1 Å². The predicted octanol–water partition coefficient (Wildman–Crippen LogP) is 4.19. The van der Waals surface area contributed by atoms with Gasteiger partial charge in [-0.3, -0.25) is 19.0 Å². The monoisotopic (exact) mass is 473 g/mol. The maximum atomic E-state index is 13.0. The Morgan fingerprint density at radius 1 is 1.19 bits per heavy atom. The molecule has 1 aliphatic rings. The molecule has 0 aliphatic heterocycles. The molecule has 0 atom stereocenters. The smallest absolute Gasteiger partial charge is 0.316 e. The number of aromatic nitrogens is 2. The van der Waals surface area contributed by atoms with E-state index in [4.69, 9.17) is 8.92 Å². The zero-order valence-corrected chi connectivity index (χ0v) is 18.3. The van der Waals surface area contributed by atoms with Gasteiger partial charge < -0.3 is 4.74 Å². The normalized spacial score (nSPS) is 19.4. The summed E-state index contributed by atoms with van der Waals surface area (Å²) in [5.74, 6) is 0.222. The molecule has 0 bridgehead atoms. The first-order valence-electron chi connectivity index (χ1n) is 10.2. The summed E-state index contributed by atoms with van der Waals surface area (Å²) < 4.78 is 62.0. The predicted molar refractivity (Wildman–Crippen MR) is 110 cm³/mol. The van der Waals surface area contributed by atoms with Crippen LogP contribution in [0, 0.1) is 23.0 Å². The van der Waals surface area contributed by atoms with Gasteiger partial charge in [-0.25, -0.2) is 8.78 Å². The van der Waals surface area contributed by atoms with E-state index in [1.54, 1.807) is 12.1 Å². The molecule has 1 aromatic carbocycles. The summed E-state index contributed by atoms with van der Waals surface area (Å²) in [6.45, 7) is 2.30. The second-order valence-corrected chi connectivity index (χ2v) is 9.39. The van der Waals surface area contributed by atoms with Crippen molar-refractivity contribution in [1.82, 2.24) is 9.78 Å². The second kappa shape index (κ2) is 10.5. The van der Waals surface area contributed by atoms with E-state index in [-0.39, 0.29) is 30.1 Å². The highest BCUT2D eigenvalue weighted by Gasteiger charge is 2.30. The molecule has 1 aromatic heterocycles. The first-order valence-corrected chi connectivity index (χ1v) is 11.6. The van der Waals surface area contributed by atoms with Gasteiger partial charge in [0.25, 0.3) is 16.5 Å². The van der Waals surface area contributed by atoms with Crippen LogP contribution in [-0.2, 0) is 19.0 Å². The first-order chi connectivity index (χ1) is 15.2. The number of nitro groups is 1. The molecule has 0 radical (unpaired) electrons. The Labute approximate surface area is 184 Å². The molecule has 0 N–H and O–H groups in total. The lowest BCUT2D eigenvalue weighted by Crippen LogP contribution is -2.22. The Hall–Kier alpha value is -2.44. The van der Waals surface area contributed by atoms with E-state index in [2.05, 4.69) is 5.10 Å². The van der Waals surface area contributed by atoms with Crippen LogP contribution in [0.25, 0.3) is 0 Å². The fourth-order valence-corrected chi connectivity index (χ4v) is 4.57. The van der Waals surface area contributed by atoms with Crippen molar-refractivity contribution in [3.63, 3.8) is 0 Å². The average molecular weight is 473 g/mol.